The Labute approximate surface area is 119 Å². The van der Waals surface area contributed by atoms with Crippen LogP contribution in [-0.2, 0) is 0 Å². The van der Waals surface area contributed by atoms with Crippen molar-refractivity contribution in [1.82, 2.24) is 15.3 Å². The molecule has 0 bridgehead atoms. The van der Waals surface area contributed by atoms with E-state index in [0.717, 1.165) is 49.0 Å². The van der Waals surface area contributed by atoms with Crippen LogP contribution in [0, 0.1) is 13.8 Å². The quantitative estimate of drug-likeness (QED) is 0.906. The lowest BCUT2D eigenvalue weighted by molar-refractivity contribution is 0.586. The highest BCUT2D eigenvalue weighted by molar-refractivity contribution is 5.61. The van der Waals surface area contributed by atoms with E-state index in [-0.39, 0.29) is 0 Å². The second-order valence-corrected chi connectivity index (χ2v) is 5.17. The van der Waals surface area contributed by atoms with Gasteiger partial charge in [-0.15, -0.1) is 0 Å². The lowest BCUT2D eigenvalue weighted by Gasteiger charge is -2.31. The molecule has 104 valence electrons. The lowest BCUT2D eigenvalue weighted by atomic mass is 10.1. The van der Waals surface area contributed by atoms with Crippen LogP contribution < -0.4 is 10.2 Å². The van der Waals surface area contributed by atoms with Gasteiger partial charge < -0.3 is 10.2 Å². The highest BCUT2D eigenvalue weighted by Gasteiger charge is 2.17. The minimum absolute atomic E-state index is 0.819. The van der Waals surface area contributed by atoms with Gasteiger partial charge in [0.2, 0.25) is 0 Å². The van der Waals surface area contributed by atoms with Gasteiger partial charge in [0.1, 0.15) is 0 Å². The molecular weight excluding hydrogens is 248 g/mol. The Hall–Kier alpha value is -1.94. The monoisotopic (exact) mass is 268 g/mol. The topological polar surface area (TPSA) is 41.1 Å². The second-order valence-electron chi connectivity index (χ2n) is 5.17. The van der Waals surface area contributed by atoms with E-state index in [1.54, 1.807) is 0 Å². The minimum atomic E-state index is 0.819. The van der Waals surface area contributed by atoms with Crippen molar-refractivity contribution in [3.63, 3.8) is 0 Å². The van der Waals surface area contributed by atoms with Crippen LogP contribution in [-0.4, -0.2) is 36.1 Å². The summed E-state index contributed by atoms with van der Waals surface area (Å²) in [6.07, 6.45) is 0. The molecular formula is C16H20N4. The fourth-order valence-electron chi connectivity index (χ4n) is 2.77. The smallest absolute Gasteiger partial charge is 0.159 e. The maximum atomic E-state index is 4.71. The van der Waals surface area contributed by atoms with Crippen molar-refractivity contribution in [3.05, 3.63) is 41.7 Å². The van der Waals surface area contributed by atoms with Gasteiger partial charge >= 0.3 is 0 Å². The maximum absolute atomic E-state index is 4.71. The van der Waals surface area contributed by atoms with E-state index in [9.17, 15) is 0 Å². The first kappa shape index (κ1) is 13.1. The van der Waals surface area contributed by atoms with Crippen LogP contribution in [0.2, 0.25) is 0 Å². The summed E-state index contributed by atoms with van der Waals surface area (Å²) in [5.41, 5.74) is 4.41. The third-order valence-electron chi connectivity index (χ3n) is 3.70. The summed E-state index contributed by atoms with van der Waals surface area (Å²) in [7, 11) is 0. The molecule has 1 aromatic carbocycles. The van der Waals surface area contributed by atoms with Crippen LogP contribution in [0.25, 0.3) is 11.4 Å². The zero-order chi connectivity index (χ0) is 13.9. The van der Waals surface area contributed by atoms with Gasteiger partial charge in [-0.25, -0.2) is 9.97 Å². The minimum Gasteiger partial charge on any atom is -0.366 e. The van der Waals surface area contributed by atoms with Gasteiger partial charge in [0.05, 0.1) is 17.1 Å². The fourth-order valence-corrected chi connectivity index (χ4v) is 2.77. The zero-order valence-electron chi connectivity index (χ0n) is 12.1. The van der Waals surface area contributed by atoms with Crippen molar-refractivity contribution >= 4 is 5.69 Å². The van der Waals surface area contributed by atoms with Crippen LogP contribution in [0.1, 0.15) is 11.4 Å². The fraction of sp³-hybridized carbons (Fsp3) is 0.375. The Morgan fingerprint density at radius 1 is 0.950 bits per heavy atom. The highest BCUT2D eigenvalue weighted by atomic mass is 15.2. The van der Waals surface area contributed by atoms with Gasteiger partial charge in [-0.05, 0) is 13.8 Å². The lowest BCUT2D eigenvalue weighted by Crippen LogP contribution is -2.44. The molecule has 1 aromatic heterocycles. The molecule has 1 fully saturated rings. The molecule has 1 saturated heterocycles. The third-order valence-corrected chi connectivity index (χ3v) is 3.70. The maximum Gasteiger partial charge on any atom is 0.159 e. The van der Waals surface area contributed by atoms with Gasteiger partial charge in [0.15, 0.2) is 5.82 Å². The average molecular weight is 268 g/mol. The number of nitrogens with one attached hydrogen (secondary N) is 1. The second kappa shape index (κ2) is 5.59. The number of hydrogen-bond acceptors (Lipinski definition) is 4. The van der Waals surface area contributed by atoms with Gasteiger partial charge in [0, 0.05) is 31.7 Å². The van der Waals surface area contributed by atoms with Crippen molar-refractivity contribution in [2.24, 2.45) is 0 Å². The van der Waals surface area contributed by atoms with E-state index < -0.39 is 0 Å². The molecule has 0 aliphatic carbocycles. The van der Waals surface area contributed by atoms with E-state index in [1.165, 1.54) is 5.69 Å². The van der Waals surface area contributed by atoms with Crippen molar-refractivity contribution in [3.8, 4) is 11.4 Å². The van der Waals surface area contributed by atoms with Gasteiger partial charge in [-0.3, -0.25) is 0 Å². The Morgan fingerprint density at radius 2 is 1.55 bits per heavy atom. The molecule has 2 heterocycles. The summed E-state index contributed by atoms with van der Waals surface area (Å²) in [4.78, 5) is 11.8. The molecule has 1 aliphatic heterocycles. The van der Waals surface area contributed by atoms with Crippen LogP contribution >= 0.6 is 0 Å². The number of aryl methyl sites for hydroxylation is 2. The highest BCUT2D eigenvalue weighted by Crippen LogP contribution is 2.25. The number of nitrogens with zero attached hydrogens (tertiary/aromatic N) is 3. The van der Waals surface area contributed by atoms with Crippen molar-refractivity contribution in [2.45, 2.75) is 13.8 Å². The molecule has 1 aliphatic rings. The molecule has 2 aromatic rings. The SMILES string of the molecule is Cc1nc(-c2ccccc2)nc(C)c1N1CCNCC1. The summed E-state index contributed by atoms with van der Waals surface area (Å²) < 4.78 is 0. The molecule has 4 nitrogen and oxygen atoms in total. The van der Waals surface area contributed by atoms with Crippen molar-refractivity contribution < 1.29 is 0 Å². The summed E-state index contributed by atoms with van der Waals surface area (Å²) in [6, 6.07) is 10.2. The Balaban J connectivity index is 1.98. The summed E-state index contributed by atoms with van der Waals surface area (Å²) >= 11 is 0. The van der Waals surface area contributed by atoms with Crippen LogP contribution in [0.4, 0.5) is 5.69 Å². The normalized spacial score (nSPS) is 15.4. The molecule has 0 saturated carbocycles. The number of piperazine rings is 1. The Morgan fingerprint density at radius 3 is 2.15 bits per heavy atom. The average Bonchev–Trinajstić information content (AvgIpc) is 2.48. The predicted octanol–water partition coefficient (Wildman–Crippen LogP) is 2.17. The van der Waals surface area contributed by atoms with E-state index in [2.05, 4.69) is 36.2 Å². The first-order chi connectivity index (χ1) is 9.75. The number of benzene rings is 1. The largest absolute Gasteiger partial charge is 0.366 e. The van der Waals surface area contributed by atoms with Crippen molar-refractivity contribution in [1.29, 1.82) is 0 Å². The van der Waals surface area contributed by atoms with Crippen LogP contribution in [0.5, 0.6) is 0 Å². The first-order valence-corrected chi connectivity index (χ1v) is 7.12. The van der Waals surface area contributed by atoms with Gasteiger partial charge in [-0.1, -0.05) is 30.3 Å². The number of anilines is 1. The third kappa shape index (κ3) is 2.51. The zero-order valence-corrected chi connectivity index (χ0v) is 12.1. The van der Waals surface area contributed by atoms with E-state index >= 15 is 0 Å². The molecule has 3 rings (SSSR count). The molecule has 0 amide bonds. The van der Waals surface area contributed by atoms with E-state index in [4.69, 9.17) is 9.97 Å². The molecule has 0 radical (unpaired) electrons. The molecule has 0 atom stereocenters. The predicted molar refractivity (Wildman–Crippen MR) is 82.0 cm³/mol. The Kier molecular flexibility index (Phi) is 3.65. The summed E-state index contributed by atoms with van der Waals surface area (Å²) in [5.74, 6) is 0.819. The van der Waals surface area contributed by atoms with Gasteiger partial charge in [0.25, 0.3) is 0 Å². The molecule has 0 unspecified atom stereocenters. The van der Waals surface area contributed by atoms with E-state index in [0.29, 0.717) is 0 Å². The Bertz CT molecular complexity index is 566. The molecule has 4 heteroatoms. The van der Waals surface area contributed by atoms with Crippen LogP contribution in [0.3, 0.4) is 0 Å². The number of hydrogen-bond donors (Lipinski definition) is 1. The van der Waals surface area contributed by atoms with Crippen LogP contribution in [0.15, 0.2) is 30.3 Å². The number of rotatable bonds is 2. The summed E-state index contributed by atoms with van der Waals surface area (Å²) in [5, 5.41) is 3.38. The molecule has 0 spiro atoms. The molecule has 1 N–H and O–H groups in total. The van der Waals surface area contributed by atoms with Gasteiger partial charge in [-0.2, -0.15) is 0 Å². The van der Waals surface area contributed by atoms with E-state index in [1.807, 2.05) is 18.2 Å². The van der Waals surface area contributed by atoms with Crippen molar-refractivity contribution in [2.75, 3.05) is 31.1 Å². The standard InChI is InChI=1S/C16H20N4/c1-12-15(20-10-8-17-9-11-20)13(2)19-16(18-12)14-6-4-3-5-7-14/h3-7,17H,8-11H2,1-2H3. The molecule has 20 heavy (non-hydrogen) atoms. The number of aromatic nitrogens is 2. The first-order valence-electron chi connectivity index (χ1n) is 7.12. The summed E-state index contributed by atoms with van der Waals surface area (Å²) in [6.45, 7) is 8.26.